The van der Waals surface area contributed by atoms with Gasteiger partial charge in [-0.15, -0.1) is 0 Å². The number of hydrogen-bond acceptors (Lipinski definition) is 1. The molecule has 0 spiro atoms. The van der Waals surface area contributed by atoms with Crippen LogP contribution >= 0.6 is 0 Å². The van der Waals surface area contributed by atoms with E-state index in [0.717, 1.165) is 6.42 Å². The lowest BCUT2D eigenvalue weighted by Crippen LogP contribution is -2.27. The first-order valence-corrected chi connectivity index (χ1v) is 6.71. The Morgan fingerprint density at radius 2 is 1.83 bits per heavy atom. The predicted molar refractivity (Wildman–Crippen MR) is 77.1 cm³/mol. The van der Waals surface area contributed by atoms with Crippen LogP contribution < -0.4 is 5.32 Å². The van der Waals surface area contributed by atoms with Gasteiger partial charge in [-0.3, -0.25) is 0 Å². The topological polar surface area (TPSA) is 12.0 Å². The predicted octanol–water partition coefficient (Wildman–Crippen LogP) is 3.96. The lowest BCUT2D eigenvalue weighted by atomic mass is 9.94. The van der Waals surface area contributed by atoms with Crippen molar-refractivity contribution in [2.45, 2.75) is 32.2 Å². The van der Waals surface area contributed by atoms with Gasteiger partial charge in [-0.1, -0.05) is 48.0 Å². The summed E-state index contributed by atoms with van der Waals surface area (Å²) in [4.78, 5) is 0. The summed E-state index contributed by atoms with van der Waals surface area (Å²) in [5.41, 5.74) is 5.54. The van der Waals surface area contributed by atoms with Crippen molar-refractivity contribution in [3.8, 4) is 0 Å². The molecular formula is C17H19N. The number of aryl methyl sites for hydroxylation is 2. The third kappa shape index (κ3) is 2.40. The number of hydrogen-bond donors (Lipinski definition) is 1. The monoisotopic (exact) mass is 237 g/mol. The second kappa shape index (κ2) is 4.85. The highest BCUT2D eigenvalue weighted by Crippen LogP contribution is 2.25. The highest BCUT2D eigenvalue weighted by atomic mass is 14.9. The van der Waals surface area contributed by atoms with E-state index < -0.39 is 0 Å². The van der Waals surface area contributed by atoms with Crippen LogP contribution in [0.4, 0.5) is 5.69 Å². The van der Waals surface area contributed by atoms with Gasteiger partial charge in [0.05, 0.1) is 0 Å². The van der Waals surface area contributed by atoms with Gasteiger partial charge in [0.25, 0.3) is 0 Å². The van der Waals surface area contributed by atoms with E-state index in [9.17, 15) is 0 Å². The molecule has 0 amide bonds. The van der Waals surface area contributed by atoms with Crippen molar-refractivity contribution in [2.75, 3.05) is 5.32 Å². The van der Waals surface area contributed by atoms with Gasteiger partial charge in [0.1, 0.15) is 0 Å². The first-order valence-electron chi connectivity index (χ1n) is 6.71. The molecule has 0 aromatic heterocycles. The normalized spacial score (nSPS) is 17.9. The Balaban J connectivity index is 1.71. The molecule has 3 rings (SSSR count). The summed E-state index contributed by atoms with van der Waals surface area (Å²) in [5, 5.41) is 3.66. The van der Waals surface area contributed by atoms with Gasteiger partial charge in [0.15, 0.2) is 0 Å². The molecule has 92 valence electrons. The zero-order valence-electron chi connectivity index (χ0n) is 10.8. The molecule has 1 heterocycles. The zero-order valence-corrected chi connectivity index (χ0v) is 10.8. The Morgan fingerprint density at radius 3 is 2.67 bits per heavy atom. The minimum atomic E-state index is 0.572. The lowest BCUT2D eigenvalue weighted by molar-refractivity contribution is 0.628. The largest absolute Gasteiger partial charge is 0.382 e. The van der Waals surface area contributed by atoms with Gasteiger partial charge in [-0.25, -0.2) is 0 Å². The van der Waals surface area contributed by atoms with E-state index in [0.29, 0.717) is 6.04 Å². The molecule has 1 nitrogen and oxygen atoms in total. The third-order valence-corrected chi connectivity index (χ3v) is 3.74. The van der Waals surface area contributed by atoms with Gasteiger partial charge in [0, 0.05) is 11.7 Å². The van der Waals surface area contributed by atoms with Gasteiger partial charge < -0.3 is 5.32 Å². The SMILES string of the molecule is Cc1ccc(CC2CCc3ccccc3N2)cc1. The molecule has 0 saturated heterocycles. The maximum Gasteiger partial charge on any atom is 0.0374 e. The smallest absolute Gasteiger partial charge is 0.0374 e. The third-order valence-electron chi connectivity index (χ3n) is 3.74. The van der Waals surface area contributed by atoms with Crippen LogP contribution in [0, 0.1) is 6.92 Å². The van der Waals surface area contributed by atoms with Crippen molar-refractivity contribution >= 4 is 5.69 Å². The molecule has 2 aromatic carbocycles. The van der Waals surface area contributed by atoms with E-state index in [1.807, 2.05) is 0 Å². The fourth-order valence-electron chi connectivity index (χ4n) is 2.66. The van der Waals surface area contributed by atoms with E-state index in [2.05, 4.69) is 60.8 Å². The zero-order chi connectivity index (χ0) is 12.4. The van der Waals surface area contributed by atoms with E-state index >= 15 is 0 Å². The van der Waals surface area contributed by atoms with E-state index in [-0.39, 0.29) is 0 Å². The van der Waals surface area contributed by atoms with Crippen LogP contribution in [0.3, 0.4) is 0 Å². The summed E-state index contributed by atoms with van der Waals surface area (Å²) >= 11 is 0. The molecule has 0 fully saturated rings. The molecule has 0 bridgehead atoms. The molecule has 18 heavy (non-hydrogen) atoms. The Bertz CT molecular complexity index is 528. The van der Waals surface area contributed by atoms with Crippen molar-refractivity contribution in [1.29, 1.82) is 0 Å². The Hall–Kier alpha value is -1.76. The number of benzene rings is 2. The van der Waals surface area contributed by atoms with E-state index in [1.165, 1.54) is 35.2 Å². The van der Waals surface area contributed by atoms with Crippen molar-refractivity contribution in [1.82, 2.24) is 0 Å². The first-order chi connectivity index (χ1) is 8.81. The average Bonchev–Trinajstić information content (AvgIpc) is 2.41. The lowest BCUT2D eigenvalue weighted by Gasteiger charge is -2.27. The number of para-hydroxylation sites is 1. The molecule has 0 saturated carbocycles. The van der Waals surface area contributed by atoms with Crippen LogP contribution in [0.5, 0.6) is 0 Å². The number of nitrogens with one attached hydrogen (secondary N) is 1. The van der Waals surface area contributed by atoms with Crippen LogP contribution in [-0.2, 0) is 12.8 Å². The Labute approximate surface area is 109 Å². The molecule has 1 aliphatic rings. The summed E-state index contributed by atoms with van der Waals surface area (Å²) in [5.74, 6) is 0. The van der Waals surface area contributed by atoms with Gasteiger partial charge >= 0.3 is 0 Å². The summed E-state index contributed by atoms with van der Waals surface area (Å²) in [6.07, 6.45) is 3.54. The summed E-state index contributed by atoms with van der Waals surface area (Å²) < 4.78 is 0. The molecule has 1 atom stereocenters. The van der Waals surface area contributed by atoms with Crippen LogP contribution in [0.2, 0.25) is 0 Å². The summed E-state index contributed by atoms with van der Waals surface area (Å²) in [6, 6.07) is 18.1. The number of fused-ring (bicyclic) bond motifs is 1. The minimum Gasteiger partial charge on any atom is -0.382 e. The van der Waals surface area contributed by atoms with Crippen molar-refractivity contribution in [3.05, 3.63) is 65.2 Å². The van der Waals surface area contributed by atoms with Gasteiger partial charge in [-0.05, 0) is 43.4 Å². The average molecular weight is 237 g/mol. The second-order valence-electron chi connectivity index (χ2n) is 5.23. The molecular weight excluding hydrogens is 218 g/mol. The van der Waals surface area contributed by atoms with Crippen molar-refractivity contribution < 1.29 is 0 Å². The Morgan fingerprint density at radius 1 is 1.06 bits per heavy atom. The van der Waals surface area contributed by atoms with E-state index in [4.69, 9.17) is 0 Å². The van der Waals surface area contributed by atoms with Crippen LogP contribution in [-0.4, -0.2) is 6.04 Å². The quantitative estimate of drug-likeness (QED) is 0.833. The number of anilines is 1. The molecule has 2 aromatic rings. The maximum absolute atomic E-state index is 3.66. The highest BCUT2D eigenvalue weighted by Gasteiger charge is 2.17. The Kier molecular flexibility index (Phi) is 3.06. The number of rotatable bonds is 2. The van der Waals surface area contributed by atoms with Crippen molar-refractivity contribution in [3.63, 3.8) is 0 Å². The first kappa shape index (κ1) is 11.3. The highest BCUT2D eigenvalue weighted by molar-refractivity contribution is 5.53. The van der Waals surface area contributed by atoms with Gasteiger partial charge in [0.2, 0.25) is 0 Å². The maximum atomic E-state index is 3.66. The van der Waals surface area contributed by atoms with E-state index in [1.54, 1.807) is 0 Å². The molecule has 0 aliphatic carbocycles. The standard InChI is InChI=1S/C17H19N/c1-13-6-8-14(9-7-13)12-16-11-10-15-4-2-3-5-17(15)18-16/h2-9,16,18H,10-12H2,1H3. The summed E-state index contributed by atoms with van der Waals surface area (Å²) in [6.45, 7) is 2.14. The second-order valence-corrected chi connectivity index (χ2v) is 5.23. The van der Waals surface area contributed by atoms with Crippen molar-refractivity contribution in [2.24, 2.45) is 0 Å². The van der Waals surface area contributed by atoms with Crippen LogP contribution in [0.25, 0.3) is 0 Å². The minimum absolute atomic E-state index is 0.572. The molecule has 0 radical (unpaired) electrons. The fourth-order valence-corrected chi connectivity index (χ4v) is 2.66. The fraction of sp³-hybridized carbons (Fsp3) is 0.294. The summed E-state index contributed by atoms with van der Waals surface area (Å²) in [7, 11) is 0. The van der Waals surface area contributed by atoms with Crippen LogP contribution in [0.15, 0.2) is 48.5 Å². The molecule has 1 unspecified atom stereocenters. The van der Waals surface area contributed by atoms with Crippen LogP contribution in [0.1, 0.15) is 23.1 Å². The molecule has 1 N–H and O–H groups in total. The van der Waals surface area contributed by atoms with Gasteiger partial charge in [-0.2, -0.15) is 0 Å². The molecule has 1 aliphatic heterocycles. The molecule has 1 heteroatoms.